The van der Waals surface area contributed by atoms with Gasteiger partial charge in [0.2, 0.25) is 0 Å². The molecular weight excluding hydrogens is 230 g/mol. The first-order chi connectivity index (χ1) is 8.65. The maximum absolute atomic E-state index is 11.9. The highest BCUT2D eigenvalue weighted by Gasteiger charge is 2.20. The van der Waals surface area contributed by atoms with Gasteiger partial charge in [-0.2, -0.15) is 0 Å². The van der Waals surface area contributed by atoms with Crippen LogP contribution in [0.25, 0.3) is 5.69 Å². The molecule has 1 heterocycles. The Balaban J connectivity index is 2.53. The van der Waals surface area contributed by atoms with Gasteiger partial charge in [-0.1, -0.05) is 23.4 Å². The van der Waals surface area contributed by atoms with Gasteiger partial charge in [0.05, 0.1) is 18.0 Å². The van der Waals surface area contributed by atoms with Crippen molar-refractivity contribution in [2.75, 3.05) is 6.61 Å². The molecule has 0 unspecified atom stereocenters. The molecule has 0 radical (unpaired) electrons. The number of ether oxygens (including phenoxy) is 1. The molecule has 18 heavy (non-hydrogen) atoms. The molecule has 0 amide bonds. The van der Waals surface area contributed by atoms with Crippen LogP contribution in [-0.4, -0.2) is 27.6 Å². The average molecular weight is 245 g/mol. The van der Waals surface area contributed by atoms with Gasteiger partial charge in [0.25, 0.3) is 0 Å². The summed E-state index contributed by atoms with van der Waals surface area (Å²) in [4.78, 5) is 11.9. The Morgan fingerprint density at radius 3 is 2.72 bits per heavy atom. The van der Waals surface area contributed by atoms with E-state index in [0.717, 1.165) is 11.3 Å². The lowest BCUT2D eigenvalue weighted by atomic mass is 10.2. The van der Waals surface area contributed by atoms with Crippen LogP contribution >= 0.6 is 0 Å². The summed E-state index contributed by atoms with van der Waals surface area (Å²) in [5.74, 6) is -0.400. The highest BCUT2D eigenvalue weighted by molar-refractivity contribution is 5.89. The third kappa shape index (κ3) is 2.11. The van der Waals surface area contributed by atoms with E-state index in [1.165, 1.54) is 4.68 Å². The van der Waals surface area contributed by atoms with Gasteiger partial charge in [-0.3, -0.25) is 0 Å². The Bertz CT molecular complexity index is 575. The maximum atomic E-state index is 11.9. The van der Waals surface area contributed by atoms with Crippen LogP contribution in [0.1, 0.15) is 28.7 Å². The molecule has 0 spiro atoms. The largest absolute Gasteiger partial charge is 0.461 e. The average Bonchev–Trinajstić information content (AvgIpc) is 2.72. The van der Waals surface area contributed by atoms with Crippen molar-refractivity contribution in [3.05, 3.63) is 41.2 Å². The molecule has 0 aliphatic rings. The molecule has 0 bridgehead atoms. The minimum absolute atomic E-state index is 0.331. The minimum atomic E-state index is -0.400. The lowest BCUT2D eigenvalue weighted by Gasteiger charge is -2.08. The van der Waals surface area contributed by atoms with Crippen molar-refractivity contribution in [2.24, 2.45) is 0 Å². The highest BCUT2D eigenvalue weighted by Crippen LogP contribution is 2.17. The smallest absolute Gasteiger partial charge is 0.359 e. The van der Waals surface area contributed by atoms with E-state index in [1.807, 2.05) is 31.2 Å². The number of benzene rings is 1. The fraction of sp³-hybridized carbons (Fsp3) is 0.308. The molecule has 0 aliphatic carbocycles. The highest BCUT2D eigenvalue weighted by atomic mass is 16.5. The zero-order valence-corrected chi connectivity index (χ0v) is 10.7. The van der Waals surface area contributed by atoms with E-state index in [-0.39, 0.29) is 0 Å². The van der Waals surface area contributed by atoms with Gasteiger partial charge in [0.1, 0.15) is 0 Å². The van der Waals surface area contributed by atoms with Crippen LogP contribution in [0.3, 0.4) is 0 Å². The van der Waals surface area contributed by atoms with E-state index in [1.54, 1.807) is 13.8 Å². The maximum Gasteiger partial charge on any atom is 0.359 e. The van der Waals surface area contributed by atoms with Crippen molar-refractivity contribution in [1.29, 1.82) is 0 Å². The zero-order chi connectivity index (χ0) is 13.1. The van der Waals surface area contributed by atoms with Crippen molar-refractivity contribution >= 4 is 5.97 Å². The number of rotatable bonds is 3. The summed E-state index contributed by atoms with van der Waals surface area (Å²) >= 11 is 0. The summed E-state index contributed by atoms with van der Waals surface area (Å²) < 4.78 is 6.56. The minimum Gasteiger partial charge on any atom is -0.461 e. The zero-order valence-electron chi connectivity index (χ0n) is 10.7. The van der Waals surface area contributed by atoms with Crippen molar-refractivity contribution in [3.63, 3.8) is 0 Å². The van der Waals surface area contributed by atoms with E-state index in [4.69, 9.17) is 4.74 Å². The van der Waals surface area contributed by atoms with Crippen molar-refractivity contribution in [2.45, 2.75) is 20.8 Å². The molecule has 0 atom stereocenters. The van der Waals surface area contributed by atoms with Crippen LogP contribution in [0.15, 0.2) is 24.3 Å². The quantitative estimate of drug-likeness (QED) is 0.777. The van der Waals surface area contributed by atoms with E-state index in [0.29, 0.717) is 18.0 Å². The standard InChI is InChI=1S/C13H15N3O2/c1-4-18-13(17)12-10(3)14-15-16(12)11-8-6-5-7-9(11)2/h5-8H,4H2,1-3H3. The first-order valence-electron chi connectivity index (χ1n) is 5.80. The molecule has 1 aromatic carbocycles. The third-order valence-electron chi connectivity index (χ3n) is 2.65. The monoisotopic (exact) mass is 245 g/mol. The number of aryl methyl sites for hydroxylation is 2. The summed E-state index contributed by atoms with van der Waals surface area (Å²) in [6, 6.07) is 7.69. The number of para-hydroxylation sites is 1. The van der Waals surface area contributed by atoms with E-state index in [2.05, 4.69) is 10.3 Å². The third-order valence-corrected chi connectivity index (χ3v) is 2.65. The summed E-state index contributed by atoms with van der Waals surface area (Å²) in [5.41, 5.74) is 2.80. The SMILES string of the molecule is CCOC(=O)c1c(C)nnn1-c1ccccc1C. The Morgan fingerprint density at radius 1 is 1.33 bits per heavy atom. The molecule has 5 nitrogen and oxygen atoms in total. The summed E-state index contributed by atoms with van der Waals surface area (Å²) in [6.45, 7) is 5.81. The van der Waals surface area contributed by atoms with Gasteiger partial charge >= 0.3 is 5.97 Å². The number of aromatic nitrogens is 3. The van der Waals surface area contributed by atoms with Gasteiger partial charge in [-0.25, -0.2) is 9.48 Å². The fourth-order valence-corrected chi connectivity index (χ4v) is 1.76. The van der Waals surface area contributed by atoms with Gasteiger partial charge in [-0.15, -0.1) is 5.10 Å². The molecule has 2 aromatic rings. The van der Waals surface area contributed by atoms with Crippen LogP contribution in [0, 0.1) is 13.8 Å². The number of carbonyl (C=O) groups excluding carboxylic acids is 1. The number of carbonyl (C=O) groups is 1. The number of nitrogens with zero attached hydrogens (tertiary/aromatic N) is 3. The van der Waals surface area contributed by atoms with Crippen molar-refractivity contribution < 1.29 is 9.53 Å². The van der Waals surface area contributed by atoms with Crippen LogP contribution in [0.5, 0.6) is 0 Å². The molecule has 0 saturated carbocycles. The molecule has 94 valence electrons. The van der Waals surface area contributed by atoms with Crippen LogP contribution < -0.4 is 0 Å². The van der Waals surface area contributed by atoms with Gasteiger partial charge in [0, 0.05) is 0 Å². The fourth-order valence-electron chi connectivity index (χ4n) is 1.76. The van der Waals surface area contributed by atoms with Gasteiger partial charge in [-0.05, 0) is 32.4 Å². The summed E-state index contributed by atoms with van der Waals surface area (Å²) in [5, 5.41) is 7.97. The first kappa shape index (κ1) is 12.3. The Morgan fingerprint density at radius 2 is 2.06 bits per heavy atom. The lowest BCUT2D eigenvalue weighted by Crippen LogP contribution is -2.13. The molecule has 0 saturated heterocycles. The van der Waals surface area contributed by atoms with Crippen LogP contribution in [-0.2, 0) is 4.74 Å². The predicted molar refractivity (Wildman–Crippen MR) is 66.8 cm³/mol. The molecule has 2 rings (SSSR count). The van der Waals surface area contributed by atoms with Gasteiger partial charge < -0.3 is 4.74 Å². The van der Waals surface area contributed by atoms with Crippen molar-refractivity contribution in [3.8, 4) is 5.69 Å². The van der Waals surface area contributed by atoms with Crippen LogP contribution in [0.4, 0.5) is 0 Å². The normalized spacial score (nSPS) is 10.4. The molecule has 0 fully saturated rings. The topological polar surface area (TPSA) is 57.0 Å². The second kappa shape index (κ2) is 5.00. The van der Waals surface area contributed by atoms with E-state index < -0.39 is 5.97 Å². The summed E-state index contributed by atoms with van der Waals surface area (Å²) in [6.07, 6.45) is 0. The first-order valence-corrected chi connectivity index (χ1v) is 5.80. The molecule has 5 heteroatoms. The number of esters is 1. The lowest BCUT2D eigenvalue weighted by molar-refractivity contribution is 0.0515. The van der Waals surface area contributed by atoms with Gasteiger partial charge in [0.15, 0.2) is 5.69 Å². The molecule has 0 N–H and O–H groups in total. The number of hydrogen-bond donors (Lipinski definition) is 0. The molecule has 0 aliphatic heterocycles. The second-order valence-corrected chi connectivity index (χ2v) is 3.94. The van der Waals surface area contributed by atoms with Crippen LogP contribution in [0.2, 0.25) is 0 Å². The molecule has 1 aromatic heterocycles. The second-order valence-electron chi connectivity index (χ2n) is 3.94. The molecular formula is C13H15N3O2. The Kier molecular flexibility index (Phi) is 3.41. The van der Waals surface area contributed by atoms with E-state index in [9.17, 15) is 4.79 Å². The summed E-state index contributed by atoms with van der Waals surface area (Å²) in [7, 11) is 0. The Labute approximate surface area is 105 Å². The Hall–Kier alpha value is -2.17. The van der Waals surface area contributed by atoms with Crippen molar-refractivity contribution in [1.82, 2.24) is 15.0 Å². The number of hydrogen-bond acceptors (Lipinski definition) is 4. The van der Waals surface area contributed by atoms with E-state index >= 15 is 0 Å². The predicted octanol–water partition coefficient (Wildman–Crippen LogP) is 2.06.